The van der Waals surface area contributed by atoms with Gasteiger partial charge in [-0.2, -0.15) is 5.10 Å². The third-order valence-electron chi connectivity index (χ3n) is 4.23. The highest BCUT2D eigenvalue weighted by Gasteiger charge is 2.27. The number of carbonyl (C=O) groups excluding carboxylic acids is 1. The number of amides is 1. The van der Waals surface area contributed by atoms with Crippen LogP contribution < -0.4 is 4.90 Å². The molecular formula is C19H21Cl2N3O3. The van der Waals surface area contributed by atoms with Crippen LogP contribution >= 0.6 is 23.2 Å². The summed E-state index contributed by atoms with van der Waals surface area (Å²) in [5.41, 5.74) is 2.80. The molecule has 1 aromatic carbocycles. The topological polar surface area (TPSA) is 60.0 Å². The molecule has 0 aliphatic heterocycles. The van der Waals surface area contributed by atoms with Crippen molar-refractivity contribution in [1.82, 2.24) is 9.61 Å². The largest absolute Gasteiger partial charge is 0.449 e. The van der Waals surface area contributed by atoms with Crippen LogP contribution in [0, 0.1) is 12.8 Å². The Kier molecular flexibility index (Phi) is 5.97. The highest BCUT2D eigenvalue weighted by Crippen LogP contribution is 2.29. The zero-order valence-corrected chi connectivity index (χ0v) is 16.9. The van der Waals surface area contributed by atoms with Gasteiger partial charge in [0.1, 0.15) is 12.0 Å². The van der Waals surface area contributed by atoms with Crippen LogP contribution in [0.1, 0.15) is 25.1 Å². The molecule has 0 aliphatic carbocycles. The molecule has 3 rings (SSSR count). The van der Waals surface area contributed by atoms with Gasteiger partial charge in [0.2, 0.25) is 5.71 Å². The molecule has 0 saturated carbocycles. The number of carbonyl (C=O) groups is 1. The number of fused-ring (bicyclic) bond motifs is 1. The minimum Gasteiger partial charge on any atom is -0.449 e. The maximum absolute atomic E-state index is 12.6. The van der Waals surface area contributed by atoms with Gasteiger partial charge >= 0.3 is 6.09 Å². The zero-order chi connectivity index (χ0) is 19.6. The van der Waals surface area contributed by atoms with Crippen LogP contribution in [0.15, 0.2) is 35.1 Å². The Morgan fingerprint density at radius 2 is 2.19 bits per heavy atom. The molecule has 3 aromatic rings. The minimum absolute atomic E-state index is 0.109. The summed E-state index contributed by atoms with van der Waals surface area (Å²) in [6.07, 6.45) is 3.49. The first kappa shape index (κ1) is 19.6. The number of anilines is 1. The third kappa shape index (κ3) is 4.22. The van der Waals surface area contributed by atoms with E-state index in [0.717, 1.165) is 5.56 Å². The van der Waals surface area contributed by atoms with E-state index in [9.17, 15) is 4.79 Å². The number of aryl methyl sites for hydroxylation is 1. The van der Waals surface area contributed by atoms with E-state index in [-0.39, 0.29) is 12.5 Å². The number of rotatable bonds is 6. The lowest BCUT2D eigenvalue weighted by atomic mass is 10.0. The first-order chi connectivity index (χ1) is 12.9. The first-order valence-electron chi connectivity index (χ1n) is 8.71. The zero-order valence-electron chi connectivity index (χ0n) is 15.4. The number of ether oxygens (including phenoxy) is 1. The molecule has 0 spiro atoms. The molecule has 0 radical (unpaired) electrons. The Labute approximate surface area is 167 Å². The van der Waals surface area contributed by atoms with E-state index in [0.29, 0.717) is 40.1 Å². The molecule has 0 N–H and O–H groups in total. The number of aromatic nitrogens is 2. The first-order valence-corrected chi connectivity index (χ1v) is 9.47. The lowest BCUT2D eigenvalue weighted by molar-refractivity contribution is 0.158. The summed E-state index contributed by atoms with van der Waals surface area (Å²) >= 11 is 12.3. The Balaban J connectivity index is 1.86. The van der Waals surface area contributed by atoms with Crippen molar-refractivity contribution in [2.45, 2.75) is 27.2 Å². The van der Waals surface area contributed by atoms with E-state index in [4.69, 9.17) is 32.4 Å². The fourth-order valence-electron chi connectivity index (χ4n) is 3.09. The molecular weight excluding hydrogens is 389 g/mol. The number of benzene rings is 1. The smallest absolute Gasteiger partial charge is 0.414 e. The Morgan fingerprint density at radius 1 is 1.41 bits per heavy atom. The van der Waals surface area contributed by atoms with Crippen molar-refractivity contribution in [2.75, 3.05) is 18.1 Å². The van der Waals surface area contributed by atoms with Gasteiger partial charge in [-0.15, -0.1) is 0 Å². The van der Waals surface area contributed by atoms with Crippen molar-refractivity contribution in [2.24, 2.45) is 5.92 Å². The molecule has 6 nitrogen and oxygen atoms in total. The van der Waals surface area contributed by atoms with Crippen LogP contribution in [-0.2, 0) is 11.2 Å². The fraction of sp³-hybridized carbons (Fsp3) is 0.368. The summed E-state index contributed by atoms with van der Waals surface area (Å²) in [6.45, 7) is 6.38. The van der Waals surface area contributed by atoms with E-state index in [2.05, 4.69) is 12.0 Å². The number of hydrogen-bond donors (Lipinski definition) is 0. The predicted octanol–water partition coefficient (Wildman–Crippen LogP) is 5.38. The Morgan fingerprint density at radius 3 is 2.89 bits per heavy atom. The summed E-state index contributed by atoms with van der Waals surface area (Å²) in [5.74, 6) is 0.109. The van der Waals surface area contributed by atoms with Gasteiger partial charge in [-0.25, -0.2) is 9.31 Å². The molecule has 0 bridgehead atoms. The molecule has 27 heavy (non-hydrogen) atoms. The van der Waals surface area contributed by atoms with Gasteiger partial charge in [0, 0.05) is 16.6 Å². The average Bonchev–Trinajstić information content (AvgIpc) is 3.16. The predicted molar refractivity (Wildman–Crippen MR) is 106 cm³/mol. The highest BCUT2D eigenvalue weighted by molar-refractivity contribution is 6.35. The number of oxazole rings is 1. The molecule has 1 unspecified atom stereocenters. The van der Waals surface area contributed by atoms with Crippen LogP contribution in [0.4, 0.5) is 10.5 Å². The quantitative estimate of drug-likeness (QED) is 0.547. The van der Waals surface area contributed by atoms with E-state index < -0.39 is 6.09 Å². The second-order valence-corrected chi connectivity index (χ2v) is 7.28. The summed E-state index contributed by atoms with van der Waals surface area (Å²) in [5, 5.41) is 5.60. The molecule has 2 heterocycles. The minimum atomic E-state index is -0.430. The molecule has 0 fully saturated rings. The van der Waals surface area contributed by atoms with Crippen molar-refractivity contribution in [3.05, 3.63) is 52.0 Å². The van der Waals surface area contributed by atoms with Crippen LogP contribution in [-0.4, -0.2) is 28.9 Å². The normalized spacial score (nSPS) is 12.3. The van der Waals surface area contributed by atoms with Crippen molar-refractivity contribution < 1.29 is 13.9 Å². The van der Waals surface area contributed by atoms with Crippen LogP contribution in [0.25, 0.3) is 5.71 Å². The van der Waals surface area contributed by atoms with Crippen LogP contribution in [0.3, 0.4) is 0 Å². The van der Waals surface area contributed by atoms with Crippen molar-refractivity contribution in [3.8, 4) is 0 Å². The molecule has 2 aromatic heterocycles. The van der Waals surface area contributed by atoms with Crippen molar-refractivity contribution in [1.29, 1.82) is 0 Å². The number of nitrogens with zero attached hydrogens (tertiary/aromatic N) is 3. The lowest BCUT2D eigenvalue weighted by Crippen LogP contribution is -2.36. The summed E-state index contributed by atoms with van der Waals surface area (Å²) in [6, 6.07) is 5.45. The van der Waals surface area contributed by atoms with Gasteiger partial charge in [-0.05, 0) is 43.9 Å². The standard InChI is InChI=1S/C19H21Cl2N3O3/c1-4-26-19(25)23(17-13(3)22-24-7-8-27-18(17)24)11-12(2)9-14-5-6-15(20)10-16(14)21/h5-8,10,12H,4,9,11H2,1-3H3. The summed E-state index contributed by atoms with van der Waals surface area (Å²) in [7, 11) is 0. The maximum atomic E-state index is 12.6. The second-order valence-electron chi connectivity index (χ2n) is 6.44. The Bertz CT molecular complexity index is 951. The lowest BCUT2D eigenvalue weighted by Gasteiger charge is -2.24. The molecule has 0 aliphatic rings. The van der Waals surface area contributed by atoms with Gasteiger partial charge < -0.3 is 9.15 Å². The van der Waals surface area contributed by atoms with Gasteiger partial charge in [0.25, 0.3) is 0 Å². The van der Waals surface area contributed by atoms with Crippen molar-refractivity contribution in [3.63, 3.8) is 0 Å². The van der Waals surface area contributed by atoms with Crippen LogP contribution in [0.2, 0.25) is 10.0 Å². The fourth-order valence-corrected chi connectivity index (χ4v) is 3.57. The van der Waals surface area contributed by atoms with E-state index in [1.54, 1.807) is 28.6 Å². The van der Waals surface area contributed by atoms with Gasteiger partial charge in [0.05, 0.1) is 18.5 Å². The van der Waals surface area contributed by atoms with Gasteiger partial charge in [0.15, 0.2) is 0 Å². The number of hydrogen-bond acceptors (Lipinski definition) is 4. The van der Waals surface area contributed by atoms with Crippen molar-refractivity contribution >= 4 is 40.7 Å². The molecule has 0 saturated heterocycles. The SMILES string of the molecule is CCOC(=O)N(CC(C)Cc1ccc(Cl)cc1Cl)c1c(C)nn2ccoc12. The molecule has 1 amide bonds. The summed E-state index contributed by atoms with van der Waals surface area (Å²) in [4.78, 5) is 14.2. The maximum Gasteiger partial charge on any atom is 0.414 e. The summed E-state index contributed by atoms with van der Waals surface area (Å²) < 4.78 is 12.4. The average molecular weight is 410 g/mol. The monoisotopic (exact) mass is 409 g/mol. The van der Waals surface area contributed by atoms with Gasteiger partial charge in [-0.1, -0.05) is 36.2 Å². The van der Waals surface area contributed by atoms with E-state index in [1.807, 2.05) is 19.1 Å². The third-order valence-corrected chi connectivity index (χ3v) is 4.82. The Hall–Kier alpha value is -2.18. The number of halogens is 2. The second kappa shape index (κ2) is 8.23. The molecule has 1 atom stereocenters. The van der Waals surface area contributed by atoms with E-state index >= 15 is 0 Å². The molecule has 8 heteroatoms. The van der Waals surface area contributed by atoms with E-state index in [1.165, 1.54) is 6.26 Å². The molecule has 144 valence electrons. The highest BCUT2D eigenvalue weighted by atomic mass is 35.5. The van der Waals surface area contributed by atoms with Gasteiger partial charge in [-0.3, -0.25) is 4.90 Å². The van der Waals surface area contributed by atoms with Crippen LogP contribution in [0.5, 0.6) is 0 Å².